The highest BCUT2D eigenvalue weighted by molar-refractivity contribution is 6.56. The van der Waals surface area contributed by atoms with Crippen molar-refractivity contribution in [2.75, 3.05) is 0 Å². The topological polar surface area (TPSA) is 3.24 Å². The molecule has 0 bridgehead atoms. The molecule has 0 aromatic carbocycles. The molecule has 0 saturated carbocycles. The number of hydrogen-bond acceptors (Lipinski definition) is 1. The largest absolute Gasteiger partial charge is 0.337 e. The first-order valence-corrected chi connectivity index (χ1v) is 7.03. The van der Waals surface area contributed by atoms with Crippen molar-refractivity contribution in [2.45, 2.75) is 80.1 Å². The number of hydrogen-bond donors (Lipinski definition) is 0. The normalized spacial score (nSPS) is 12.6. The Labute approximate surface area is 104 Å². The van der Waals surface area contributed by atoms with Crippen molar-refractivity contribution < 1.29 is 0 Å². The average Bonchev–Trinajstić information content (AvgIpc) is 1.98. The first-order valence-electron chi connectivity index (χ1n) is 7.03. The Balaban J connectivity index is 4.67. The van der Waals surface area contributed by atoms with Gasteiger partial charge in [0.25, 0.3) is 0 Å². The molecule has 0 fully saturated rings. The van der Waals surface area contributed by atoms with Crippen molar-refractivity contribution in [3.05, 3.63) is 0 Å². The molecule has 0 heterocycles. The summed E-state index contributed by atoms with van der Waals surface area (Å²) in [4.78, 5) is 2.69. The molecule has 0 atom stereocenters. The molecule has 0 N–H and O–H groups in total. The minimum absolute atomic E-state index is 0.655. The van der Waals surface area contributed by atoms with Gasteiger partial charge in [-0.15, -0.1) is 0 Å². The fraction of sp³-hybridized carbons (Fsp3) is 1.00. The van der Waals surface area contributed by atoms with E-state index in [1.54, 1.807) is 0 Å². The molecule has 0 spiro atoms. The summed E-state index contributed by atoms with van der Waals surface area (Å²) in [6.07, 6.45) is 2.66. The summed E-state index contributed by atoms with van der Waals surface area (Å²) in [7, 11) is 0. The molecular weight excluding hydrogens is 193 g/mol. The molecule has 2 heteroatoms. The molecule has 1 nitrogen and oxygen atoms in total. The molecule has 0 aliphatic heterocycles. The maximum absolute atomic E-state index is 2.69. The summed E-state index contributed by atoms with van der Waals surface area (Å²) in [6, 6.07) is 1.31. The van der Waals surface area contributed by atoms with Crippen LogP contribution in [0.3, 0.4) is 0 Å². The van der Waals surface area contributed by atoms with Crippen LogP contribution in [0.5, 0.6) is 0 Å². The van der Waals surface area contributed by atoms with Gasteiger partial charge in [0.05, 0.1) is 0 Å². The Morgan fingerprint density at radius 1 is 0.688 bits per heavy atom. The van der Waals surface area contributed by atoms with Gasteiger partial charge in [0, 0.05) is 0 Å². The van der Waals surface area contributed by atoms with Crippen LogP contribution in [0, 0.1) is 11.8 Å². The van der Waals surface area contributed by atoms with Crippen LogP contribution in [0.4, 0.5) is 0 Å². The van der Waals surface area contributed by atoms with Gasteiger partial charge in [-0.05, 0) is 12.1 Å². The summed E-state index contributed by atoms with van der Waals surface area (Å²) in [6.45, 7) is 19.4. The molecule has 96 valence electrons. The average molecular weight is 225 g/mol. The molecule has 0 aromatic heterocycles. The first kappa shape index (κ1) is 16.0. The van der Waals surface area contributed by atoms with E-state index in [1.165, 1.54) is 12.6 Å². The molecule has 0 aliphatic rings. The summed E-state index contributed by atoms with van der Waals surface area (Å²) >= 11 is 0. The Bertz CT molecular complexity index is 158. The fourth-order valence-corrected chi connectivity index (χ4v) is 2.87. The van der Waals surface area contributed by atoms with Gasteiger partial charge in [-0.2, -0.15) is 0 Å². The lowest BCUT2D eigenvalue weighted by molar-refractivity contribution is 0.296. The highest BCUT2D eigenvalue weighted by Gasteiger charge is 2.28. The van der Waals surface area contributed by atoms with E-state index >= 15 is 0 Å². The van der Waals surface area contributed by atoms with E-state index in [0.717, 1.165) is 18.7 Å². The van der Waals surface area contributed by atoms with Crippen LogP contribution in [-0.4, -0.2) is 23.7 Å². The zero-order valence-corrected chi connectivity index (χ0v) is 12.7. The van der Waals surface area contributed by atoms with Crippen molar-refractivity contribution in [1.29, 1.82) is 0 Å². The predicted molar refractivity (Wildman–Crippen MR) is 77.2 cm³/mol. The van der Waals surface area contributed by atoms with E-state index in [-0.39, 0.29) is 0 Å². The van der Waals surface area contributed by atoms with Gasteiger partial charge in [0.2, 0.25) is 6.85 Å². The number of nitrogens with zero attached hydrogens (tertiary/aromatic N) is 1. The van der Waals surface area contributed by atoms with Crippen LogP contribution in [0.2, 0.25) is 12.6 Å². The highest BCUT2D eigenvalue weighted by atomic mass is 15.1. The quantitative estimate of drug-likeness (QED) is 0.580. The summed E-state index contributed by atoms with van der Waals surface area (Å²) in [5.41, 5.74) is 0. The van der Waals surface area contributed by atoms with E-state index < -0.39 is 0 Å². The lowest BCUT2D eigenvalue weighted by Gasteiger charge is -2.38. The fourth-order valence-electron chi connectivity index (χ4n) is 2.87. The van der Waals surface area contributed by atoms with Gasteiger partial charge in [-0.25, -0.2) is 0 Å². The molecule has 0 aliphatic carbocycles. The van der Waals surface area contributed by atoms with Gasteiger partial charge < -0.3 is 4.81 Å². The van der Waals surface area contributed by atoms with Crippen molar-refractivity contribution >= 4 is 6.85 Å². The Morgan fingerprint density at radius 3 is 1.19 bits per heavy atom. The van der Waals surface area contributed by atoms with Gasteiger partial charge in [0.1, 0.15) is 0 Å². The third kappa shape index (κ3) is 5.93. The molecule has 0 aromatic rings. The highest BCUT2D eigenvalue weighted by Crippen LogP contribution is 2.21. The number of rotatable bonds is 7. The lowest BCUT2D eigenvalue weighted by Crippen LogP contribution is -2.49. The lowest BCUT2D eigenvalue weighted by atomic mass is 9.49. The second-order valence-corrected chi connectivity index (χ2v) is 6.55. The minimum Gasteiger partial charge on any atom is -0.337 e. The summed E-state index contributed by atoms with van der Waals surface area (Å²) in [5.74, 6) is 1.59. The van der Waals surface area contributed by atoms with E-state index in [9.17, 15) is 0 Å². The van der Waals surface area contributed by atoms with Gasteiger partial charge in [0.15, 0.2) is 0 Å². The van der Waals surface area contributed by atoms with Crippen molar-refractivity contribution in [3.8, 4) is 0 Å². The van der Waals surface area contributed by atoms with Crippen molar-refractivity contribution in [1.82, 2.24) is 4.81 Å². The van der Waals surface area contributed by atoms with Crippen LogP contribution in [0.25, 0.3) is 0 Å². The van der Waals surface area contributed by atoms with Crippen LogP contribution in [0.15, 0.2) is 0 Å². The van der Waals surface area contributed by atoms with Crippen LogP contribution < -0.4 is 0 Å². The maximum atomic E-state index is 2.69. The zero-order valence-electron chi connectivity index (χ0n) is 12.7. The second kappa shape index (κ2) is 7.37. The molecule has 16 heavy (non-hydrogen) atoms. The molecular formula is C14H32BN. The third-order valence-corrected chi connectivity index (χ3v) is 3.10. The van der Waals surface area contributed by atoms with Crippen LogP contribution in [-0.2, 0) is 0 Å². The molecule has 0 unspecified atom stereocenters. The van der Waals surface area contributed by atoms with E-state index in [0.29, 0.717) is 12.1 Å². The Hall–Kier alpha value is 0.0249. The van der Waals surface area contributed by atoms with Gasteiger partial charge in [-0.3, -0.25) is 0 Å². The SMILES string of the molecule is CC(C)CB(CC(C)C)N(C(C)C)C(C)C. The Kier molecular flexibility index (Phi) is 7.38. The minimum atomic E-state index is 0.655. The van der Waals surface area contributed by atoms with E-state index in [1.807, 2.05) is 0 Å². The third-order valence-electron chi connectivity index (χ3n) is 3.10. The monoisotopic (exact) mass is 225 g/mol. The molecule has 0 radical (unpaired) electrons. The van der Waals surface area contributed by atoms with Crippen LogP contribution in [0.1, 0.15) is 55.4 Å². The van der Waals surface area contributed by atoms with Crippen molar-refractivity contribution in [2.24, 2.45) is 11.8 Å². The molecule has 0 saturated heterocycles. The predicted octanol–water partition coefficient (Wildman–Crippen LogP) is 4.41. The second-order valence-electron chi connectivity index (χ2n) is 6.55. The zero-order chi connectivity index (χ0) is 12.9. The van der Waals surface area contributed by atoms with Crippen LogP contribution >= 0.6 is 0 Å². The van der Waals surface area contributed by atoms with E-state index in [4.69, 9.17) is 0 Å². The molecule has 0 amide bonds. The molecule has 0 rings (SSSR count). The smallest absolute Gasteiger partial charge is 0.224 e. The first-order chi connectivity index (χ1) is 7.25. The van der Waals surface area contributed by atoms with Gasteiger partial charge >= 0.3 is 0 Å². The maximum Gasteiger partial charge on any atom is 0.224 e. The van der Waals surface area contributed by atoms with Crippen molar-refractivity contribution in [3.63, 3.8) is 0 Å². The Morgan fingerprint density at radius 2 is 1.00 bits per heavy atom. The van der Waals surface area contributed by atoms with Gasteiger partial charge in [-0.1, -0.05) is 79.9 Å². The summed E-state index contributed by atoms with van der Waals surface area (Å²) in [5, 5.41) is 0. The van der Waals surface area contributed by atoms with E-state index in [2.05, 4.69) is 60.2 Å². The summed E-state index contributed by atoms with van der Waals surface area (Å²) < 4.78 is 0. The standard InChI is InChI=1S/C14H32BN/c1-11(2)9-15(10-12(3)4)16(13(5)6)14(7)8/h11-14H,9-10H2,1-8H3.